The van der Waals surface area contributed by atoms with E-state index >= 15 is 0 Å². The Labute approximate surface area is 116 Å². The molecular formula is C13H7ClF2N2S. The van der Waals surface area contributed by atoms with Gasteiger partial charge in [-0.3, -0.25) is 0 Å². The lowest BCUT2D eigenvalue weighted by molar-refractivity contribution is 0.629. The summed E-state index contributed by atoms with van der Waals surface area (Å²) >= 11 is 6.97. The van der Waals surface area contributed by atoms with Crippen LogP contribution in [0.25, 0.3) is 10.2 Å². The van der Waals surface area contributed by atoms with Crippen molar-refractivity contribution in [2.45, 2.75) is 0 Å². The quantitative estimate of drug-likeness (QED) is 0.722. The number of nitrogens with one attached hydrogen (secondary N) is 1. The van der Waals surface area contributed by atoms with Crippen LogP contribution in [-0.2, 0) is 0 Å². The number of hydrogen-bond donors (Lipinski definition) is 1. The second kappa shape index (κ2) is 4.75. The topological polar surface area (TPSA) is 24.9 Å². The number of fused-ring (bicyclic) bond motifs is 1. The summed E-state index contributed by atoms with van der Waals surface area (Å²) in [5, 5.41) is 3.61. The van der Waals surface area contributed by atoms with Crippen molar-refractivity contribution in [3.05, 3.63) is 53.1 Å². The Morgan fingerprint density at radius 3 is 2.74 bits per heavy atom. The third kappa shape index (κ3) is 2.52. The monoisotopic (exact) mass is 296 g/mol. The van der Waals surface area contributed by atoms with E-state index in [-0.39, 0.29) is 10.8 Å². The van der Waals surface area contributed by atoms with Crippen LogP contribution in [-0.4, -0.2) is 4.98 Å². The molecule has 1 N–H and O–H groups in total. The van der Waals surface area contributed by atoms with Crippen LogP contribution in [0.5, 0.6) is 0 Å². The number of thiazole rings is 1. The zero-order valence-corrected chi connectivity index (χ0v) is 11.0. The molecule has 1 aromatic heterocycles. The Balaban J connectivity index is 1.94. The first-order valence-corrected chi connectivity index (χ1v) is 6.59. The molecule has 0 aliphatic carbocycles. The van der Waals surface area contributed by atoms with Gasteiger partial charge in [-0.2, -0.15) is 0 Å². The third-order valence-electron chi connectivity index (χ3n) is 2.52. The number of nitrogens with zero attached hydrogens (tertiary/aromatic N) is 1. The highest BCUT2D eigenvalue weighted by Gasteiger charge is 2.06. The Hall–Kier alpha value is -1.72. The summed E-state index contributed by atoms with van der Waals surface area (Å²) in [6.07, 6.45) is 0. The maximum absolute atomic E-state index is 13.3. The van der Waals surface area contributed by atoms with Gasteiger partial charge in [0.05, 0.1) is 15.2 Å². The Kier molecular flexibility index (Phi) is 3.08. The van der Waals surface area contributed by atoms with Gasteiger partial charge in [0.1, 0.15) is 11.6 Å². The van der Waals surface area contributed by atoms with Crippen LogP contribution in [0.1, 0.15) is 0 Å². The highest BCUT2D eigenvalue weighted by molar-refractivity contribution is 7.22. The molecule has 0 aliphatic rings. The van der Waals surface area contributed by atoms with Crippen LogP contribution >= 0.6 is 22.9 Å². The molecule has 6 heteroatoms. The Morgan fingerprint density at radius 1 is 1.11 bits per heavy atom. The molecule has 0 atom stereocenters. The summed E-state index contributed by atoms with van der Waals surface area (Å²) < 4.78 is 27.2. The van der Waals surface area contributed by atoms with Crippen molar-refractivity contribution >= 4 is 44.0 Å². The normalized spacial score (nSPS) is 10.9. The van der Waals surface area contributed by atoms with E-state index in [4.69, 9.17) is 11.6 Å². The minimum Gasteiger partial charge on any atom is -0.331 e. The predicted molar refractivity (Wildman–Crippen MR) is 74.3 cm³/mol. The van der Waals surface area contributed by atoms with E-state index in [1.54, 1.807) is 12.1 Å². The number of anilines is 2. The molecule has 2 nitrogen and oxygen atoms in total. The zero-order chi connectivity index (χ0) is 13.4. The number of benzene rings is 2. The number of halogens is 3. The molecule has 1 heterocycles. The molecule has 0 fully saturated rings. The van der Waals surface area contributed by atoms with Gasteiger partial charge in [-0.15, -0.1) is 0 Å². The molecule has 2 aromatic carbocycles. The highest BCUT2D eigenvalue weighted by atomic mass is 35.5. The van der Waals surface area contributed by atoms with E-state index in [2.05, 4.69) is 10.3 Å². The SMILES string of the molecule is Fc1ccc2sc(Nc3ccc(Cl)c(F)c3)nc2c1. The minimum atomic E-state index is -0.501. The molecule has 0 spiro atoms. The van der Waals surface area contributed by atoms with E-state index in [0.717, 1.165) is 4.70 Å². The lowest BCUT2D eigenvalue weighted by Gasteiger charge is -2.02. The Bertz CT molecular complexity index is 757. The first-order chi connectivity index (χ1) is 9.11. The molecule has 0 saturated heterocycles. The Morgan fingerprint density at radius 2 is 1.95 bits per heavy atom. The molecule has 0 unspecified atom stereocenters. The summed E-state index contributed by atoms with van der Waals surface area (Å²) in [4.78, 5) is 4.23. The van der Waals surface area contributed by atoms with Gasteiger partial charge in [0.15, 0.2) is 5.13 Å². The zero-order valence-electron chi connectivity index (χ0n) is 9.45. The minimum absolute atomic E-state index is 0.0666. The van der Waals surface area contributed by atoms with E-state index in [0.29, 0.717) is 16.3 Å². The molecule has 19 heavy (non-hydrogen) atoms. The van der Waals surface area contributed by atoms with Gasteiger partial charge in [-0.05, 0) is 30.3 Å². The van der Waals surface area contributed by atoms with Crippen LogP contribution in [0.3, 0.4) is 0 Å². The average Bonchev–Trinajstić information content (AvgIpc) is 2.75. The molecule has 96 valence electrons. The van der Waals surface area contributed by atoms with E-state index < -0.39 is 5.82 Å². The first kappa shape index (κ1) is 12.3. The summed E-state index contributed by atoms with van der Waals surface area (Å²) in [6.45, 7) is 0. The smallest absolute Gasteiger partial charge is 0.188 e. The summed E-state index contributed by atoms with van der Waals surface area (Å²) in [5.74, 6) is -0.833. The van der Waals surface area contributed by atoms with Crippen molar-refractivity contribution in [1.82, 2.24) is 4.98 Å². The third-order valence-corrected chi connectivity index (χ3v) is 3.78. The predicted octanol–water partition coefficient (Wildman–Crippen LogP) is 4.97. The van der Waals surface area contributed by atoms with Crippen molar-refractivity contribution < 1.29 is 8.78 Å². The molecule has 3 rings (SSSR count). The maximum atomic E-state index is 13.3. The first-order valence-electron chi connectivity index (χ1n) is 5.40. The van der Waals surface area contributed by atoms with Gasteiger partial charge in [-0.1, -0.05) is 22.9 Å². The van der Waals surface area contributed by atoms with Crippen molar-refractivity contribution in [2.75, 3.05) is 5.32 Å². The van der Waals surface area contributed by atoms with E-state index in [9.17, 15) is 8.78 Å². The largest absolute Gasteiger partial charge is 0.331 e. The lowest BCUT2D eigenvalue weighted by Crippen LogP contribution is -1.90. The molecular weight excluding hydrogens is 290 g/mol. The second-order valence-corrected chi connectivity index (χ2v) is 5.32. The average molecular weight is 297 g/mol. The van der Waals surface area contributed by atoms with Gasteiger partial charge in [0.2, 0.25) is 0 Å². The number of aromatic nitrogens is 1. The van der Waals surface area contributed by atoms with E-state index in [1.165, 1.54) is 35.6 Å². The standard InChI is InChI=1S/C13H7ClF2N2S/c14-9-3-2-8(6-10(9)16)17-13-18-11-5-7(15)1-4-12(11)19-13/h1-6H,(H,17,18). The lowest BCUT2D eigenvalue weighted by atomic mass is 10.3. The van der Waals surface area contributed by atoms with Crippen LogP contribution in [0.2, 0.25) is 5.02 Å². The molecule has 0 bridgehead atoms. The second-order valence-electron chi connectivity index (χ2n) is 3.88. The van der Waals surface area contributed by atoms with Crippen molar-refractivity contribution in [2.24, 2.45) is 0 Å². The van der Waals surface area contributed by atoms with Gasteiger partial charge in [0.25, 0.3) is 0 Å². The van der Waals surface area contributed by atoms with Gasteiger partial charge < -0.3 is 5.32 Å². The summed E-state index contributed by atoms with van der Waals surface area (Å²) in [5.41, 5.74) is 1.11. The summed E-state index contributed by atoms with van der Waals surface area (Å²) in [7, 11) is 0. The number of hydrogen-bond acceptors (Lipinski definition) is 3. The molecule has 0 aliphatic heterocycles. The number of rotatable bonds is 2. The fourth-order valence-corrected chi connectivity index (χ4v) is 2.64. The van der Waals surface area contributed by atoms with Gasteiger partial charge in [-0.25, -0.2) is 13.8 Å². The highest BCUT2D eigenvalue weighted by Crippen LogP contribution is 2.29. The van der Waals surface area contributed by atoms with Crippen LogP contribution in [0.15, 0.2) is 36.4 Å². The van der Waals surface area contributed by atoms with Crippen LogP contribution in [0, 0.1) is 11.6 Å². The molecule has 0 amide bonds. The van der Waals surface area contributed by atoms with Crippen LogP contribution < -0.4 is 5.32 Å². The molecule has 0 radical (unpaired) electrons. The van der Waals surface area contributed by atoms with Gasteiger partial charge in [0, 0.05) is 11.8 Å². The summed E-state index contributed by atoms with van der Waals surface area (Å²) in [6, 6.07) is 8.81. The fraction of sp³-hybridized carbons (Fsp3) is 0. The van der Waals surface area contributed by atoms with Gasteiger partial charge >= 0.3 is 0 Å². The fourth-order valence-electron chi connectivity index (χ4n) is 1.65. The molecule has 3 aromatic rings. The van der Waals surface area contributed by atoms with Crippen LogP contribution in [0.4, 0.5) is 19.6 Å². The van der Waals surface area contributed by atoms with Crippen molar-refractivity contribution in [1.29, 1.82) is 0 Å². The maximum Gasteiger partial charge on any atom is 0.188 e. The molecule has 0 saturated carbocycles. The van der Waals surface area contributed by atoms with Crippen molar-refractivity contribution in [3.8, 4) is 0 Å². The van der Waals surface area contributed by atoms with E-state index in [1.807, 2.05) is 0 Å². The van der Waals surface area contributed by atoms with Crippen molar-refractivity contribution in [3.63, 3.8) is 0 Å².